The van der Waals surface area contributed by atoms with Crippen LogP contribution in [0.5, 0.6) is 5.75 Å². The van der Waals surface area contributed by atoms with Gasteiger partial charge in [0.05, 0.1) is 11.1 Å². The number of nitrogens with one attached hydrogen (secondary N) is 1. The molecule has 0 fully saturated rings. The molecule has 0 spiro atoms. The third-order valence-corrected chi connectivity index (χ3v) is 4.42. The Morgan fingerprint density at radius 1 is 0.731 bits per heavy atom. The molecule has 128 valence electrons. The van der Waals surface area contributed by atoms with Crippen LogP contribution in [0.25, 0.3) is 10.9 Å². The molecular formula is C23H19NO2. The van der Waals surface area contributed by atoms with E-state index in [0.29, 0.717) is 24.3 Å². The topological polar surface area (TPSA) is 42.1 Å². The summed E-state index contributed by atoms with van der Waals surface area (Å²) < 4.78 is 6.17. The molecule has 0 aliphatic rings. The largest absolute Gasteiger partial charge is 0.488 e. The first-order chi connectivity index (χ1) is 12.8. The average Bonchev–Trinajstić information content (AvgIpc) is 2.69. The van der Waals surface area contributed by atoms with Gasteiger partial charge in [-0.3, -0.25) is 4.79 Å². The molecule has 0 radical (unpaired) electrons. The Bertz CT molecular complexity index is 1070. The van der Waals surface area contributed by atoms with Crippen molar-refractivity contribution >= 4 is 10.9 Å². The minimum Gasteiger partial charge on any atom is -0.488 e. The number of aromatic amines is 1. The molecule has 0 aliphatic heterocycles. The maximum Gasteiger partial charge on any atom is 0.255 e. The quantitative estimate of drug-likeness (QED) is 0.572. The number of benzene rings is 3. The zero-order chi connectivity index (χ0) is 17.8. The van der Waals surface area contributed by atoms with E-state index in [0.717, 1.165) is 22.0 Å². The maximum atomic E-state index is 12.7. The van der Waals surface area contributed by atoms with Crippen molar-refractivity contribution in [2.45, 2.75) is 13.0 Å². The number of ether oxygens (including phenoxy) is 1. The summed E-state index contributed by atoms with van der Waals surface area (Å²) in [6.07, 6.45) is 0.533. The van der Waals surface area contributed by atoms with Gasteiger partial charge in [0.1, 0.15) is 12.4 Å². The van der Waals surface area contributed by atoms with E-state index >= 15 is 0 Å². The third kappa shape index (κ3) is 3.38. The molecule has 1 aromatic heterocycles. The van der Waals surface area contributed by atoms with E-state index in [1.54, 1.807) is 0 Å². The predicted molar refractivity (Wildman–Crippen MR) is 105 cm³/mol. The Hall–Kier alpha value is -3.33. The Kier molecular flexibility index (Phi) is 4.52. The second-order valence-corrected chi connectivity index (χ2v) is 6.24. The number of hydrogen-bond acceptors (Lipinski definition) is 2. The zero-order valence-electron chi connectivity index (χ0n) is 14.3. The van der Waals surface area contributed by atoms with Crippen molar-refractivity contribution in [3.63, 3.8) is 0 Å². The molecule has 3 aromatic carbocycles. The van der Waals surface area contributed by atoms with Gasteiger partial charge in [-0.05, 0) is 23.3 Å². The van der Waals surface area contributed by atoms with Gasteiger partial charge >= 0.3 is 0 Å². The molecule has 26 heavy (non-hydrogen) atoms. The lowest BCUT2D eigenvalue weighted by atomic mass is 10.0. The standard InChI is InChI=1S/C23H19NO2/c25-23-20(15-17-9-3-1-4-10-17)22(19-13-7-8-14-21(19)24-23)26-16-18-11-5-2-6-12-18/h1-14H,15-16H2,(H,24,25). The van der Waals surface area contributed by atoms with Crippen molar-refractivity contribution in [3.05, 3.63) is 112 Å². The van der Waals surface area contributed by atoms with Crippen molar-refractivity contribution in [2.24, 2.45) is 0 Å². The van der Waals surface area contributed by atoms with E-state index in [4.69, 9.17) is 4.74 Å². The minimum atomic E-state index is -0.101. The van der Waals surface area contributed by atoms with Crippen LogP contribution in [0.4, 0.5) is 0 Å². The Morgan fingerprint density at radius 3 is 2.08 bits per heavy atom. The van der Waals surface area contributed by atoms with Crippen molar-refractivity contribution in [1.82, 2.24) is 4.98 Å². The Labute approximate surface area is 151 Å². The predicted octanol–water partition coefficient (Wildman–Crippen LogP) is 4.70. The molecule has 0 atom stereocenters. The Morgan fingerprint density at radius 2 is 1.35 bits per heavy atom. The van der Waals surface area contributed by atoms with Crippen LogP contribution in [0.1, 0.15) is 16.7 Å². The molecule has 0 aliphatic carbocycles. The molecule has 0 amide bonds. The first kappa shape index (κ1) is 16.2. The van der Waals surface area contributed by atoms with Gasteiger partial charge in [-0.2, -0.15) is 0 Å². The highest BCUT2D eigenvalue weighted by molar-refractivity contribution is 5.86. The van der Waals surface area contributed by atoms with Gasteiger partial charge in [-0.25, -0.2) is 0 Å². The zero-order valence-corrected chi connectivity index (χ0v) is 14.3. The van der Waals surface area contributed by atoms with Gasteiger partial charge in [-0.1, -0.05) is 72.8 Å². The van der Waals surface area contributed by atoms with E-state index in [-0.39, 0.29) is 5.56 Å². The average molecular weight is 341 g/mol. The van der Waals surface area contributed by atoms with Crippen LogP contribution < -0.4 is 10.3 Å². The van der Waals surface area contributed by atoms with Crippen LogP contribution in [0.3, 0.4) is 0 Å². The molecule has 0 unspecified atom stereocenters. The lowest BCUT2D eigenvalue weighted by Gasteiger charge is -2.14. The number of pyridine rings is 1. The molecule has 4 rings (SSSR count). The molecule has 0 saturated carbocycles. The fourth-order valence-corrected chi connectivity index (χ4v) is 3.11. The van der Waals surface area contributed by atoms with Crippen molar-refractivity contribution in [3.8, 4) is 5.75 Å². The first-order valence-electron chi connectivity index (χ1n) is 8.66. The number of aromatic nitrogens is 1. The van der Waals surface area contributed by atoms with E-state index in [9.17, 15) is 4.79 Å². The van der Waals surface area contributed by atoms with Crippen LogP contribution in [0, 0.1) is 0 Å². The van der Waals surface area contributed by atoms with Gasteiger partial charge in [-0.15, -0.1) is 0 Å². The molecule has 1 heterocycles. The summed E-state index contributed by atoms with van der Waals surface area (Å²) in [4.78, 5) is 15.7. The summed E-state index contributed by atoms with van der Waals surface area (Å²) in [7, 11) is 0. The molecule has 1 N–H and O–H groups in total. The molecule has 4 aromatic rings. The molecule has 3 heteroatoms. The van der Waals surface area contributed by atoms with Crippen molar-refractivity contribution < 1.29 is 4.74 Å². The van der Waals surface area contributed by atoms with Crippen molar-refractivity contribution in [2.75, 3.05) is 0 Å². The van der Waals surface area contributed by atoms with E-state index in [1.165, 1.54) is 0 Å². The normalized spacial score (nSPS) is 10.8. The highest BCUT2D eigenvalue weighted by atomic mass is 16.5. The number of para-hydroxylation sites is 1. The maximum absolute atomic E-state index is 12.7. The van der Waals surface area contributed by atoms with Gasteiger partial charge in [0.25, 0.3) is 5.56 Å². The first-order valence-corrected chi connectivity index (χ1v) is 8.66. The smallest absolute Gasteiger partial charge is 0.255 e. The minimum absolute atomic E-state index is 0.101. The lowest BCUT2D eigenvalue weighted by molar-refractivity contribution is 0.306. The number of rotatable bonds is 5. The summed E-state index contributed by atoms with van der Waals surface area (Å²) in [5.74, 6) is 0.664. The number of fused-ring (bicyclic) bond motifs is 1. The molecule has 3 nitrogen and oxygen atoms in total. The highest BCUT2D eigenvalue weighted by Crippen LogP contribution is 2.28. The van der Waals surface area contributed by atoms with E-state index < -0.39 is 0 Å². The van der Waals surface area contributed by atoms with E-state index in [1.807, 2.05) is 84.9 Å². The monoisotopic (exact) mass is 341 g/mol. The van der Waals surface area contributed by atoms with Gasteiger partial charge in [0, 0.05) is 11.8 Å². The van der Waals surface area contributed by atoms with Gasteiger partial charge in [0.2, 0.25) is 0 Å². The molecule has 0 bridgehead atoms. The lowest BCUT2D eigenvalue weighted by Crippen LogP contribution is -2.16. The fraction of sp³-hybridized carbons (Fsp3) is 0.0870. The van der Waals surface area contributed by atoms with Crippen molar-refractivity contribution in [1.29, 1.82) is 0 Å². The van der Waals surface area contributed by atoms with Gasteiger partial charge < -0.3 is 9.72 Å². The summed E-state index contributed by atoms with van der Waals surface area (Å²) in [5, 5.41) is 0.925. The second-order valence-electron chi connectivity index (χ2n) is 6.24. The van der Waals surface area contributed by atoms with Crippen LogP contribution in [0.2, 0.25) is 0 Å². The molecular weight excluding hydrogens is 322 g/mol. The molecule has 0 saturated heterocycles. The second kappa shape index (κ2) is 7.28. The van der Waals surface area contributed by atoms with Crippen LogP contribution in [-0.4, -0.2) is 4.98 Å². The summed E-state index contributed by atoms with van der Waals surface area (Å²) in [6.45, 7) is 0.427. The fourth-order valence-electron chi connectivity index (χ4n) is 3.11. The van der Waals surface area contributed by atoms with Crippen LogP contribution in [-0.2, 0) is 13.0 Å². The summed E-state index contributed by atoms with van der Waals surface area (Å²) in [6, 6.07) is 27.7. The number of H-pyrrole nitrogens is 1. The van der Waals surface area contributed by atoms with E-state index in [2.05, 4.69) is 4.98 Å². The van der Waals surface area contributed by atoms with Crippen LogP contribution in [0.15, 0.2) is 89.7 Å². The van der Waals surface area contributed by atoms with Crippen LogP contribution >= 0.6 is 0 Å². The highest BCUT2D eigenvalue weighted by Gasteiger charge is 2.14. The Balaban J connectivity index is 1.78. The summed E-state index contributed by atoms with van der Waals surface area (Å²) >= 11 is 0. The van der Waals surface area contributed by atoms with Gasteiger partial charge in [0.15, 0.2) is 0 Å². The third-order valence-electron chi connectivity index (χ3n) is 4.42. The summed E-state index contributed by atoms with van der Waals surface area (Å²) in [5.41, 5.74) is 3.50. The number of hydrogen-bond donors (Lipinski definition) is 1. The SMILES string of the molecule is O=c1[nH]c2ccccc2c(OCc2ccccc2)c1Cc1ccccc1.